The molecule has 1 heterocycles. The van der Waals surface area contributed by atoms with Crippen LogP contribution < -0.4 is 4.74 Å². The minimum Gasteiger partial charge on any atom is -0.407 e. The van der Waals surface area contributed by atoms with Crippen molar-refractivity contribution in [1.82, 2.24) is 4.98 Å². The predicted molar refractivity (Wildman–Crippen MR) is 40.1 cm³/mol. The van der Waals surface area contributed by atoms with Gasteiger partial charge in [0.2, 0.25) is 5.88 Å². The lowest BCUT2D eigenvalue weighted by atomic mass is 10.5. The van der Waals surface area contributed by atoms with Crippen molar-refractivity contribution >= 4 is 5.97 Å². The summed E-state index contributed by atoms with van der Waals surface area (Å²) in [4.78, 5) is 14.5. The summed E-state index contributed by atoms with van der Waals surface area (Å²) >= 11 is 0. The van der Waals surface area contributed by atoms with Crippen molar-refractivity contribution in [3.05, 3.63) is 24.4 Å². The standard InChI is InChI=1S/C8H6N2O2/c9-5-4-8(11)12-7-3-1-2-6-10-7/h1-3,6H,4H2. The van der Waals surface area contributed by atoms with Crippen LogP contribution in [0, 0.1) is 11.3 Å². The topological polar surface area (TPSA) is 63.0 Å². The maximum Gasteiger partial charge on any atom is 0.326 e. The highest BCUT2D eigenvalue weighted by molar-refractivity contribution is 5.73. The average Bonchev–Trinajstić information content (AvgIpc) is 2.06. The molecule has 0 saturated heterocycles. The second-order valence-electron chi connectivity index (χ2n) is 1.98. The maximum absolute atomic E-state index is 10.7. The van der Waals surface area contributed by atoms with E-state index >= 15 is 0 Å². The third-order valence-electron chi connectivity index (χ3n) is 1.08. The summed E-state index contributed by atoms with van der Waals surface area (Å²) in [6, 6.07) is 6.64. The van der Waals surface area contributed by atoms with Crippen molar-refractivity contribution in [1.29, 1.82) is 5.26 Å². The van der Waals surface area contributed by atoms with Crippen LogP contribution in [-0.4, -0.2) is 11.0 Å². The number of ether oxygens (including phenoxy) is 1. The van der Waals surface area contributed by atoms with Crippen LogP contribution in [0.15, 0.2) is 24.4 Å². The first-order valence-corrected chi connectivity index (χ1v) is 3.31. The van der Waals surface area contributed by atoms with Crippen molar-refractivity contribution in [3.63, 3.8) is 0 Å². The zero-order valence-electron chi connectivity index (χ0n) is 6.23. The molecule has 0 atom stereocenters. The summed E-state index contributed by atoms with van der Waals surface area (Å²) in [6.07, 6.45) is 1.26. The molecule has 4 heteroatoms. The molecule has 0 fully saturated rings. The molecule has 0 spiro atoms. The fourth-order valence-electron chi connectivity index (χ4n) is 0.625. The van der Waals surface area contributed by atoms with Crippen LogP contribution in [0.25, 0.3) is 0 Å². The highest BCUT2D eigenvalue weighted by Gasteiger charge is 2.02. The van der Waals surface area contributed by atoms with E-state index in [2.05, 4.69) is 9.72 Å². The Morgan fingerprint density at radius 3 is 3.08 bits per heavy atom. The van der Waals surface area contributed by atoms with E-state index in [1.54, 1.807) is 24.3 Å². The molecule has 4 nitrogen and oxygen atoms in total. The highest BCUT2D eigenvalue weighted by atomic mass is 16.5. The SMILES string of the molecule is N#CCC(=O)Oc1ccccn1. The van der Waals surface area contributed by atoms with E-state index in [0.29, 0.717) is 0 Å². The second kappa shape index (κ2) is 4.09. The Labute approximate surface area is 69.4 Å². The molecule has 0 aliphatic heterocycles. The minimum absolute atomic E-state index is 0.220. The van der Waals surface area contributed by atoms with Crippen LogP contribution in [0.5, 0.6) is 5.88 Å². The van der Waals surface area contributed by atoms with Gasteiger partial charge in [0.1, 0.15) is 6.42 Å². The number of esters is 1. The Hall–Kier alpha value is -1.89. The first-order chi connectivity index (χ1) is 5.83. The number of hydrogen-bond donors (Lipinski definition) is 0. The quantitative estimate of drug-likeness (QED) is 0.606. The summed E-state index contributed by atoms with van der Waals surface area (Å²) in [6.45, 7) is 0. The fraction of sp³-hybridized carbons (Fsp3) is 0.125. The molecule has 0 unspecified atom stereocenters. The van der Waals surface area contributed by atoms with E-state index in [-0.39, 0.29) is 12.3 Å². The van der Waals surface area contributed by atoms with Crippen LogP contribution in [0.4, 0.5) is 0 Å². The van der Waals surface area contributed by atoms with Gasteiger partial charge < -0.3 is 4.74 Å². The van der Waals surface area contributed by atoms with Crippen LogP contribution >= 0.6 is 0 Å². The Kier molecular flexibility index (Phi) is 2.79. The third-order valence-corrected chi connectivity index (χ3v) is 1.08. The zero-order chi connectivity index (χ0) is 8.81. The van der Waals surface area contributed by atoms with Gasteiger partial charge in [-0.15, -0.1) is 0 Å². The van der Waals surface area contributed by atoms with Crippen LogP contribution in [0.3, 0.4) is 0 Å². The molecule has 1 rings (SSSR count). The van der Waals surface area contributed by atoms with E-state index < -0.39 is 5.97 Å². The zero-order valence-corrected chi connectivity index (χ0v) is 6.23. The molecule has 0 aliphatic carbocycles. The lowest BCUT2D eigenvalue weighted by Crippen LogP contribution is -2.06. The number of carbonyl (C=O) groups is 1. The fourth-order valence-corrected chi connectivity index (χ4v) is 0.625. The molecule has 1 aromatic heterocycles. The minimum atomic E-state index is -0.587. The van der Waals surface area contributed by atoms with Crippen molar-refractivity contribution < 1.29 is 9.53 Å². The molecular formula is C8H6N2O2. The van der Waals surface area contributed by atoms with Gasteiger partial charge in [-0.2, -0.15) is 5.26 Å². The summed E-state index contributed by atoms with van der Waals surface area (Å²) in [5.41, 5.74) is 0. The molecule has 0 bridgehead atoms. The summed E-state index contributed by atoms with van der Waals surface area (Å²) in [5, 5.41) is 8.14. The van der Waals surface area contributed by atoms with E-state index in [4.69, 9.17) is 5.26 Å². The largest absolute Gasteiger partial charge is 0.407 e. The van der Waals surface area contributed by atoms with Gasteiger partial charge in [0, 0.05) is 12.3 Å². The molecule has 0 radical (unpaired) electrons. The van der Waals surface area contributed by atoms with Crippen molar-refractivity contribution in [2.75, 3.05) is 0 Å². The Balaban J connectivity index is 2.54. The number of hydrogen-bond acceptors (Lipinski definition) is 4. The normalized spacial score (nSPS) is 8.58. The van der Waals surface area contributed by atoms with Crippen molar-refractivity contribution in [2.24, 2.45) is 0 Å². The number of nitriles is 1. The third kappa shape index (κ3) is 2.39. The van der Waals surface area contributed by atoms with Crippen LogP contribution in [0.1, 0.15) is 6.42 Å². The van der Waals surface area contributed by atoms with Gasteiger partial charge in [-0.25, -0.2) is 4.98 Å². The molecule has 1 aromatic rings. The molecule has 0 N–H and O–H groups in total. The summed E-state index contributed by atoms with van der Waals surface area (Å²) in [5.74, 6) is -0.367. The van der Waals surface area contributed by atoms with E-state index in [9.17, 15) is 4.79 Å². The van der Waals surface area contributed by atoms with E-state index in [1.807, 2.05) is 0 Å². The molecule has 12 heavy (non-hydrogen) atoms. The highest BCUT2D eigenvalue weighted by Crippen LogP contribution is 2.03. The molecule has 60 valence electrons. The van der Waals surface area contributed by atoms with Crippen LogP contribution in [-0.2, 0) is 4.79 Å². The molecule has 0 aliphatic rings. The first kappa shape index (κ1) is 8.21. The van der Waals surface area contributed by atoms with Gasteiger partial charge in [-0.05, 0) is 6.07 Å². The van der Waals surface area contributed by atoms with Gasteiger partial charge in [0.15, 0.2) is 0 Å². The van der Waals surface area contributed by atoms with Crippen molar-refractivity contribution in [3.8, 4) is 11.9 Å². The van der Waals surface area contributed by atoms with Gasteiger partial charge in [-0.1, -0.05) is 6.07 Å². The lowest BCUT2D eigenvalue weighted by Gasteiger charge is -1.97. The number of aromatic nitrogens is 1. The molecule has 0 aromatic carbocycles. The maximum atomic E-state index is 10.7. The van der Waals surface area contributed by atoms with Gasteiger partial charge >= 0.3 is 5.97 Å². The molecule has 0 amide bonds. The first-order valence-electron chi connectivity index (χ1n) is 3.31. The average molecular weight is 162 g/mol. The van der Waals surface area contributed by atoms with Gasteiger partial charge in [0.05, 0.1) is 6.07 Å². The Morgan fingerprint density at radius 2 is 2.50 bits per heavy atom. The summed E-state index contributed by atoms with van der Waals surface area (Å²) in [7, 11) is 0. The summed E-state index contributed by atoms with van der Waals surface area (Å²) < 4.78 is 4.68. The van der Waals surface area contributed by atoms with E-state index in [0.717, 1.165) is 0 Å². The lowest BCUT2D eigenvalue weighted by molar-refractivity contribution is -0.133. The second-order valence-corrected chi connectivity index (χ2v) is 1.98. The number of pyridine rings is 1. The molecule has 0 saturated carbocycles. The monoisotopic (exact) mass is 162 g/mol. The number of nitrogens with zero attached hydrogens (tertiary/aromatic N) is 2. The molecular weight excluding hydrogens is 156 g/mol. The van der Waals surface area contributed by atoms with E-state index in [1.165, 1.54) is 6.20 Å². The smallest absolute Gasteiger partial charge is 0.326 e. The number of rotatable bonds is 2. The van der Waals surface area contributed by atoms with Gasteiger partial charge in [-0.3, -0.25) is 4.79 Å². The van der Waals surface area contributed by atoms with Crippen LogP contribution in [0.2, 0.25) is 0 Å². The number of carbonyl (C=O) groups excluding carboxylic acids is 1. The predicted octanol–water partition coefficient (Wildman–Crippen LogP) is 0.901. The Morgan fingerprint density at radius 1 is 1.67 bits per heavy atom. The Bertz CT molecular complexity index is 303. The van der Waals surface area contributed by atoms with Gasteiger partial charge in [0.25, 0.3) is 0 Å². The van der Waals surface area contributed by atoms with Crippen molar-refractivity contribution in [2.45, 2.75) is 6.42 Å².